The summed E-state index contributed by atoms with van der Waals surface area (Å²) in [6, 6.07) is 6.49. The number of allylic oxidation sites excluding steroid dienone is 1. The van der Waals surface area contributed by atoms with Gasteiger partial charge in [0, 0.05) is 5.92 Å². The summed E-state index contributed by atoms with van der Waals surface area (Å²) in [5, 5.41) is 8.88. The average Bonchev–Trinajstić information content (AvgIpc) is 2.34. The predicted octanol–water partition coefficient (Wildman–Crippen LogP) is 3.84. The quantitative estimate of drug-likeness (QED) is 0.616. The maximum Gasteiger partial charge on any atom is 0.416 e. The van der Waals surface area contributed by atoms with Crippen molar-refractivity contribution in [3.63, 3.8) is 0 Å². The summed E-state index contributed by atoms with van der Waals surface area (Å²) in [4.78, 5) is 11.7. The van der Waals surface area contributed by atoms with Gasteiger partial charge >= 0.3 is 6.18 Å². The van der Waals surface area contributed by atoms with E-state index < -0.39 is 23.4 Å². The maximum absolute atomic E-state index is 12.8. The lowest BCUT2D eigenvalue weighted by atomic mass is 9.98. The van der Waals surface area contributed by atoms with Crippen LogP contribution in [0.5, 0.6) is 0 Å². The zero-order valence-electron chi connectivity index (χ0n) is 10.5. The lowest BCUT2D eigenvalue weighted by Crippen LogP contribution is -2.10. The first-order chi connectivity index (χ1) is 8.77. The Morgan fingerprint density at radius 2 is 1.89 bits per heavy atom. The first kappa shape index (κ1) is 15.0. The van der Waals surface area contributed by atoms with Crippen molar-refractivity contribution in [2.75, 3.05) is 0 Å². The molecule has 1 rings (SSSR count). The Hall–Kier alpha value is -2.09. The number of rotatable bonds is 3. The molecule has 19 heavy (non-hydrogen) atoms. The van der Waals surface area contributed by atoms with Gasteiger partial charge in [0.2, 0.25) is 0 Å². The van der Waals surface area contributed by atoms with Gasteiger partial charge < -0.3 is 0 Å². The van der Waals surface area contributed by atoms with Crippen LogP contribution >= 0.6 is 0 Å². The van der Waals surface area contributed by atoms with E-state index in [9.17, 15) is 18.0 Å². The normalized spacial score (nSPS) is 12.4. The van der Waals surface area contributed by atoms with Crippen LogP contribution in [0.3, 0.4) is 0 Å². The zero-order valence-corrected chi connectivity index (χ0v) is 10.5. The molecule has 0 aliphatic heterocycles. The zero-order chi connectivity index (χ0) is 14.6. The highest BCUT2D eigenvalue weighted by atomic mass is 19.4. The summed E-state index contributed by atoms with van der Waals surface area (Å²) in [5.74, 6) is -0.913. The molecule has 0 aliphatic rings. The van der Waals surface area contributed by atoms with Crippen LogP contribution < -0.4 is 0 Å². The Bertz CT molecular complexity index is 551. The number of carbonyl (C=O) groups is 1. The highest BCUT2D eigenvalue weighted by molar-refractivity contribution is 6.04. The number of benzene rings is 1. The summed E-state index contributed by atoms with van der Waals surface area (Å²) in [6.07, 6.45) is -3.53. The molecule has 0 radical (unpaired) electrons. The molecule has 1 aromatic carbocycles. The number of hydrogen-bond donors (Lipinski definition) is 0. The molecule has 0 unspecified atom stereocenters. The van der Waals surface area contributed by atoms with Crippen LogP contribution in [-0.2, 0) is 11.0 Å². The van der Waals surface area contributed by atoms with E-state index in [0.717, 1.165) is 12.1 Å². The van der Waals surface area contributed by atoms with Crippen LogP contribution in [0.2, 0.25) is 0 Å². The van der Waals surface area contributed by atoms with E-state index in [4.69, 9.17) is 5.26 Å². The largest absolute Gasteiger partial charge is 0.416 e. The van der Waals surface area contributed by atoms with E-state index in [1.54, 1.807) is 19.9 Å². The molecule has 1 aromatic rings. The summed E-state index contributed by atoms with van der Waals surface area (Å²) in [6.45, 7) is 3.17. The molecule has 2 nitrogen and oxygen atoms in total. The molecule has 5 heteroatoms. The third-order valence-electron chi connectivity index (χ3n) is 2.48. The Balaban J connectivity index is 3.32. The molecule has 0 atom stereocenters. The average molecular weight is 267 g/mol. The smallest absolute Gasteiger partial charge is 0.293 e. The predicted molar refractivity (Wildman–Crippen MR) is 64.9 cm³/mol. The van der Waals surface area contributed by atoms with E-state index in [1.807, 2.05) is 0 Å². The molecule has 0 amide bonds. The van der Waals surface area contributed by atoms with Crippen molar-refractivity contribution in [2.45, 2.75) is 20.0 Å². The Morgan fingerprint density at radius 1 is 1.32 bits per heavy atom. The van der Waals surface area contributed by atoms with Crippen molar-refractivity contribution in [3.8, 4) is 6.07 Å². The number of hydrogen-bond acceptors (Lipinski definition) is 2. The fraction of sp³-hybridized carbons (Fsp3) is 0.286. The van der Waals surface area contributed by atoms with E-state index in [1.165, 1.54) is 18.2 Å². The minimum atomic E-state index is -4.52. The van der Waals surface area contributed by atoms with Gasteiger partial charge in [-0.3, -0.25) is 4.79 Å². The number of Topliss-reactive ketones (excluding diaryl/α,β-unsaturated/α-hetero) is 1. The van der Waals surface area contributed by atoms with Crippen molar-refractivity contribution in [1.82, 2.24) is 0 Å². The van der Waals surface area contributed by atoms with Crippen LogP contribution in [-0.4, -0.2) is 5.78 Å². The van der Waals surface area contributed by atoms with Crippen LogP contribution in [0.15, 0.2) is 29.8 Å². The monoisotopic (exact) mass is 267 g/mol. The van der Waals surface area contributed by atoms with E-state index in [-0.39, 0.29) is 11.1 Å². The van der Waals surface area contributed by atoms with Crippen molar-refractivity contribution in [1.29, 1.82) is 5.26 Å². The number of halogens is 3. The number of nitriles is 1. The Kier molecular flexibility index (Phi) is 4.49. The highest BCUT2D eigenvalue weighted by Gasteiger charge is 2.32. The van der Waals surface area contributed by atoms with Crippen molar-refractivity contribution < 1.29 is 18.0 Å². The minimum Gasteiger partial charge on any atom is -0.293 e. The molecule has 100 valence electrons. The second-order valence-electron chi connectivity index (χ2n) is 4.27. The molecule has 0 fully saturated rings. The summed E-state index contributed by atoms with van der Waals surface area (Å²) in [7, 11) is 0. The third kappa shape index (κ3) is 3.68. The van der Waals surface area contributed by atoms with Crippen molar-refractivity contribution in [2.24, 2.45) is 5.92 Å². The third-order valence-corrected chi connectivity index (χ3v) is 2.48. The Labute approximate surface area is 109 Å². The molecule has 0 spiro atoms. The molecule has 0 N–H and O–H groups in total. The molecular weight excluding hydrogens is 255 g/mol. The van der Waals surface area contributed by atoms with Crippen LogP contribution in [0.25, 0.3) is 6.08 Å². The maximum atomic E-state index is 12.8. The lowest BCUT2D eigenvalue weighted by Gasteiger charge is -2.10. The van der Waals surface area contributed by atoms with Crippen molar-refractivity contribution >= 4 is 11.9 Å². The topological polar surface area (TPSA) is 40.9 Å². The van der Waals surface area contributed by atoms with Gasteiger partial charge in [0.05, 0.1) is 11.1 Å². The van der Waals surface area contributed by atoms with E-state index >= 15 is 0 Å². The van der Waals surface area contributed by atoms with Gasteiger partial charge in [-0.1, -0.05) is 32.0 Å². The molecular formula is C14H12F3NO. The summed E-state index contributed by atoms with van der Waals surface area (Å²) in [5.41, 5.74) is -1.31. The highest BCUT2D eigenvalue weighted by Crippen LogP contribution is 2.32. The fourth-order valence-corrected chi connectivity index (χ4v) is 1.51. The molecule has 0 bridgehead atoms. The van der Waals surface area contributed by atoms with Gasteiger partial charge in [-0.25, -0.2) is 0 Å². The molecule has 0 saturated carbocycles. The van der Waals surface area contributed by atoms with Gasteiger partial charge in [0.25, 0.3) is 0 Å². The van der Waals surface area contributed by atoms with Gasteiger partial charge in [0.1, 0.15) is 6.07 Å². The van der Waals surface area contributed by atoms with Crippen LogP contribution in [0.4, 0.5) is 13.2 Å². The SMILES string of the molecule is CC(C)C(=O)/C(C#N)=C/c1ccccc1C(F)(F)F. The van der Waals surface area contributed by atoms with E-state index in [2.05, 4.69) is 0 Å². The summed E-state index contributed by atoms with van der Waals surface area (Å²) >= 11 is 0. The minimum absolute atomic E-state index is 0.180. The molecule has 0 aromatic heterocycles. The standard InChI is InChI=1S/C14H12F3NO/c1-9(2)13(19)11(8-18)7-10-5-3-4-6-12(10)14(15,16)17/h3-7,9H,1-2H3/b11-7+. The van der Waals surface area contributed by atoms with Gasteiger partial charge in [-0.15, -0.1) is 0 Å². The van der Waals surface area contributed by atoms with Gasteiger partial charge in [0.15, 0.2) is 5.78 Å². The second kappa shape index (κ2) is 5.70. The number of alkyl halides is 3. The number of nitrogens with zero attached hydrogens (tertiary/aromatic N) is 1. The number of ketones is 1. The van der Waals surface area contributed by atoms with E-state index in [0.29, 0.717) is 0 Å². The first-order valence-corrected chi connectivity index (χ1v) is 5.59. The molecule has 0 heterocycles. The van der Waals surface area contributed by atoms with Crippen molar-refractivity contribution in [3.05, 3.63) is 41.0 Å². The lowest BCUT2D eigenvalue weighted by molar-refractivity contribution is -0.137. The van der Waals surface area contributed by atoms with Gasteiger partial charge in [-0.2, -0.15) is 18.4 Å². The van der Waals surface area contributed by atoms with Crippen LogP contribution in [0.1, 0.15) is 25.0 Å². The molecule has 0 aliphatic carbocycles. The second-order valence-corrected chi connectivity index (χ2v) is 4.27. The first-order valence-electron chi connectivity index (χ1n) is 5.59. The van der Waals surface area contributed by atoms with Crippen LogP contribution in [0, 0.1) is 17.2 Å². The molecule has 0 saturated heterocycles. The Morgan fingerprint density at radius 3 is 2.37 bits per heavy atom. The fourth-order valence-electron chi connectivity index (χ4n) is 1.51. The van der Waals surface area contributed by atoms with Gasteiger partial charge in [-0.05, 0) is 17.7 Å². The summed E-state index contributed by atoms with van der Waals surface area (Å²) < 4.78 is 38.3. The number of carbonyl (C=O) groups excluding carboxylic acids is 1.